The molecule has 0 spiro atoms. The standard InChI is InChI=1S/C25H21F2NO3S/c1-16-21-14-20(9-10-23(21)31-24(16)25(29)30)32-28(12-11-17-5-3-2-4-6-17)15-18-7-8-19(26)13-22(18)27/h2-10,13-14H,11-12,15H2,1H3,(H,29,30). The molecule has 0 saturated heterocycles. The van der Waals surface area contributed by atoms with E-state index in [1.165, 1.54) is 24.1 Å². The fourth-order valence-electron chi connectivity index (χ4n) is 3.51. The van der Waals surface area contributed by atoms with Crippen LogP contribution in [-0.4, -0.2) is 21.9 Å². The van der Waals surface area contributed by atoms with Crippen molar-refractivity contribution < 1.29 is 23.1 Å². The van der Waals surface area contributed by atoms with Crippen molar-refractivity contribution in [3.63, 3.8) is 0 Å². The molecule has 0 unspecified atom stereocenters. The molecule has 1 N–H and O–H groups in total. The van der Waals surface area contributed by atoms with Crippen LogP contribution in [0.25, 0.3) is 11.0 Å². The molecule has 0 radical (unpaired) electrons. The van der Waals surface area contributed by atoms with Crippen molar-refractivity contribution in [1.82, 2.24) is 4.31 Å². The molecule has 0 fully saturated rings. The number of benzene rings is 3. The van der Waals surface area contributed by atoms with Crippen LogP contribution in [0.15, 0.2) is 76.0 Å². The van der Waals surface area contributed by atoms with Crippen molar-refractivity contribution in [2.24, 2.45) is 0 Å². The fraction of sp³-hybridized carbons (Fsp3) is 0.160. The summed E-state index contributed by atoms with van der Waals surface area (Å²) in [5, 5.41) is 10.0. The molecule has 1 heterocycles. The lowest BCUT2D eigenvalue weighted by Crippen LogP contribution is -2.19. The Bertz CT molecular complexity index is 1260. The summed E-state index contributed by atoms with van der Waals surface area (Å²) in [6.45, 7) is 2.63. The largest absolute Gasteiger partial charge is 0.475 e. The molecule has 7 heteroatoms. The Morgan fingerprint density at radius 2 is 1.84 bits per heavy atom. The Morgan fingerprint density at radius 3 is 2.56 bits per heavy atom. The van der Waals surface area contributed by atoms with Gasteiger partial charge in [-0.2, -0.15) is 0 Å². The third kappa shape index (κ3) is 5.00. The molecule has 0 aliphatic rings. The number of fused-ring (bicyclic) bond motifs is 1. The SMILES string of the molecule is Cc1c(C(=O)O)oc2ccc(SN(CCc3ccccc3)Cc3ccc(F)cc3F)cc12. The number of rotatable bonds is 8. The first-order valence-electron chi connectivity index (χ1n) is 10.1. The van der Waals surface area contributed by atoms with Gasteiger partial charge in [-0.1, -0.05) is 36.4 Å². The minimum Gasteiger partial charge on any atom is -0.475 e. The van der Waals surface area contributed by atoms with Gasteiger partial charge in [-0.3, -0.25) is 0 Å². The van der Waals surface area contributed by atoms with Gasteiger partial charge in [-0.25, -0.2) is 17.9 Å². The van der Waals surface area contributed by atoms with Gasteiger partial charge in [0.15, 0.2) is 0 Å². The first kappa shape index (κ1) is 22.0. The maximum Gasteiger partial charge on any atom is 0.372 e. The second kappa shape index (κ2) is 9.54. The summed E-state index contributed by atoms with van der Waals surface area (Å²) in [5.41, 5.74) is 2.63. The number of nitrogens with zero attached hydrogens (tertiary/aromatic N) is 1. The number of carboxylic acids is 1. The molecule has 0 bridgehead atoms. The number of halogens is 2. The lowest BCUT2D eigenvalue weighted by Gasteiger charge is -2.22. The van der Waals surface area contributed by atoms with Crippen LogP contribution in [0.2, 0.25) is 0 Å². The smallest absolute Gasteiger partial charge is 0.372 e. The summed E-state index contributed by atoms with van der Waals surface area (Å²) < 4.78 is 35.1. The minimum atomic E-state index is -1.11. The summed E-state index contributed by atoms with van der Waals surface area (Å²) in [7, 11) is 0. The molecule has 4 aromatic rings. The van der Waals surface area contributed by atoms with Crippen LogP contribution >= 0.6 is 11.9 Å². The normalized spacial score (nSPS) is 11.4. The van der Waals surface area contributed by atoms with Gasteiger partial charge in [0.1, 0.15) is 17.2 Å². The summed E-state index contributed by atoms with van der Waals surface area (Å²) in [4.78, 5) is 12.2. The van der Waals surface area contributed by atoms with Crippen LogP contribution < -0.4 is 0 Å². The maximum absolute atomic E-state index is 14.3. The zero-order chi connectivity index (χ0) is 22.7. The lowest BCUT2D eigenvalue weighted by atomic mass is 10.1. The van der Waals surface area contributed by atoms with E-state index in [1.54, 1.807) is 13.0 Å². The van der Waals surface area contributed by atoms with E-state index < -0.39 is 17.6 Å². The summed E-state index contributed by atoms with van der Waals surface area (Å²) in [6.07, 6.45) is 0.757. The van der Waals surface area contributed by atoms with Crippen LogP contribution in [0.4, 0.5) is 8.78 Å². The van der Waals surface area contributed by atoms with E-state index in [9.17, 15) is 18.7 Å². The van der Waals surface area contributed by atoms with Crippen LogP contribution in [0, 0.1) is 18.6 Å². The number of carbonyl (C=O) groups is 1. The predicted molar refractivity (Wildman–Crippen MR) is 121 cm³/mol. The van der Waals surface area contributed by atoms with Crippen molar-refractivity contribution in [2.75, 3.05) is 6.54 Å². The molecule has 32 heavy (non-hydrogen) atoms. The number of hydrogen-bond acceptors (Lipinski definition) is 4. The molecule has 0 amide bonds. The predicted octanol–water partition coefficient (Wildman–Crippen LogP) is 6.47. The molecule has 164 valence electrons. The third-order valence-corrected chi connectivity index (χ3v) is 6.23. The minimum absolute atomic E-state index is 0.0727. The second-order valence-electron chi connectivity index (χ2n) is 7.45. The van der Waals surface area contributed by atoms with Crippen LogP contribution in [0.1, 0.15) is 27.2 Å². The highest BCUT2D eigenvalue weighted by molar-refractivity contribution is 7.97. The first-order chi connectivity index (χ1) is 15.4. The fourth-order valence-corrected chi connectivity index (χ4v) is 4.49. The number of aromatic carboxylic acids is 1. The van der Waals surface area contributed by atoms with E-state index in [4.69, 9.17) is 4.42 Å². The molecule has 0 aliphatic carbocycles. The average molecular weight is 454 g/mol. The first-order valence-corrected chi connectivity index (χ1v) is 10.9. The molecular formula is C25H21F2NO3S. The summed E-state index contributed by atoms with van der Waals surface area (Å²) in [5.74, 6) is -2.37. The van der Waals surface area contributed by atoms with E-state index in [-0.39, 0.29) is 12.3 Å². The highest BCUT2D eigenvalue weighted by atomic mass is 32.2. The Hall–Kier alpha value is -3.16. The Morgan fingerprint density at radius 1 is 1.06 bits per heavy atom. The Labute approximate surface area is 188 Å². The molecule has 4 nitrogen and oxygen atoms in total. The summed E-state index contributed by atoms with van der Waals surface area (Å²) >= 11 is 1.44. The van der Waals surface area contributed by atoms with E-state index in [1.807, 2.05) is 46.8 Å². The zero-order valence-corrected chi connectivity index (χ0v) is 18.2. The molecule has 0 aliphatic heterocycles. The van der Waals surface area contributed by atoms with Crippen LogP contribution in [0.3, 0.4) is 0 Å². The van der Waals surface area contributed by atoms with Gasteiger partial charge in [0.05, 0.1) is 0 Å². The number of carboxylic acid groups (broad SMARTS) is 1. The van der Waals surface area contributed by atoms with E-state index in [0.717, 1.165) is 28.3 Å². The Kier molecular flexibility index (Phi) is 6.58. The second-order valence-corrected chi connectivity index (χ2v) is 8.62. The Balaban J connectivity index is 1.59. The highest BCUT2D eigenvalue weighted by Gasteiger charge is 2.18. The van der Waals surface area contributed by atoms with Crippen LogP contribution in [0.5, 0.6) is 0 Å². The van der Waals surface area contributed by atoms with Crippen molar-refractivity contribution in [2.45, 2.75) is 24.8 Å². The van der Waals surface area contributed by atoms with E-state index >= 15 is 0 Å². The summed E-state index contributed by atoms with van der Waals surface area (Å²) in [6, 6.07) is 19.1. The van der Waals surface area contributed by atoms with Gasteiger partial charge in [0.2, 0.25) is 5.76 Å². The van der Waals surface area contributed by atoms with Gasteiger partial charge in [-0.15, -0.1) is 0 Å². The van der Waals surface area contributed by atoms with E-state index in [0.29, 0.717) is 23.3 Å². The number of aryl methyl sites for hydroxylation is 1. The van der Waals surface area contributed by atoms with Crippen molar-refractivity contribution in [1.29, 1.82) is 0 Å². The molecule has 0 saturated carbocycles. The topological polar surface area (TPSA) is 53.7 Å². The lowest BCUT2D eigenvalue weighted by molar-refractivity contribution is 0.0664. The van der Waals surface area contributed by atoms with Gasteiger partial charge in [-0.05, 0) is 55.1 Å². The van der Waals surface area contributed by atoms with Crippen molar-refractivity contribution in [3.05, 3.63) is 101 Å². The maximum atomic E-state index is 14.3. The average Bonchev–Trinajstić information content (AvgIpc) is 3.11. The van der Waals surface area contributed by atoms with E-state index in [2.05, 4.69) is 0 Å². The molecule has 1 aromatic heterocycles. The molecule has 0 atom stereocenters. The van der Waals surface area contributed by atoms with Gasteiger partial charge in [0, 0.05) is 40.6 Å². The number of furan rings is 1. The highest BCUT2D eigenvalue weighted by Crippen LogP contribution is 2.32. The third-order valence-electron chi connectivity index (χ3n) is 5.19. The van der Waals surface area contributed by atoms with Gasteiger partial charge < -0.3 is 9.52 Å². The monoisotopic (exact) mass is 453 g/mol. The molecule has 3 aromatic carbocycles. The van der Waals surface area contributed by atoms with Crippen molar-refractivity contribution >= 4 is 28.9 Å². The zero-order valence-electron chi connectivity index (χ0n) is 17.3. The van der Waals surface area contributed by atoms with Crippen molar-refractivity contribution in [3.8, 4) is 0 Å². The number of hydrogen-bond donors (Lipinski definition) is 1. The quantitative estimate of drug-likeness (QED) is 0.310. The van der Waals surface area contributed by atoms with Crippen LogP contribution in [-0.2, 0) is 13.0 Å². The van der Waals surface area contributed by atoms with Gasteiger partial charge >= 0.3 is 5.97 Å². The molecule has 4 rings (SSSR count). The molecular weight excluding hydrogens is 432 g/mol. The van der Waals surface area contributed by atoms with Gasteiger partial charge in [0.25, 0.3) is 0 Å².